The lowest BCUT2D eigenvalue weighted by Crippen LogP contribution is -2.21. The molecule has 0 aliphatic carbocycles. The van der Waals surface area contributed by atoms with E-state index in [1.807, 2.05) is 66.7 Å². The molecule has 26 heavy (non-hydrogen) atoms. The van der Waals surface area contributed by atoms with Crippen LogP contribution in [0.1, 0.15) is 5.56 Å². The molecular weight excluding hydrogens is 348 g/mol. The van der Waals surface area contributed by atoms with Crippen LogP contribution in [0.5, 0.6) is 5.75 Å². The number of nitrogens with one attached hydrogen (secondary N) is 2. The highest BCUT2D eigenvalue weighted by Gasteiger charge is 2.05. The quantitative estimate of drug-likeness (QED) is 0.620. The van der Waals surface area contributed by atoms with E-state index in [0.717, 1.165) is 17.0 Å². The molecule has 0 aliphatic heterocycles. The van der Waals surface area contributed by atoms with E-state index < -0.39 is 0 Å². The van der Waals surface area contributed by atoms with Gasteiger partial charge in [0.15, 0.2) is 0 Å². The zero-order valence-electron chi connectivity index (χ0n) is 14.1. The Balaban J connectivity index is 1.52. The first kappa shape index (κ1) is 17.8. The standard InChI is InChI=1S/C21H19ClN2O2/c22-19-11-4-5-12-20(19)24-21(25)14-23-17-9-6-10-18(13-17)26-15-16-7-2-1-3-8-16/h1-13,23H,14-15H2,(H,24,25). The van der Waals surface area contributed by atoms with Gasteiger partial charge in [0.2, 0.25) is 5.91 Å². The van der Waals surface area contributed by atoms with Crippen LogP contribution < -0.4 is 15.4 Å². The number of carbonyl (C=O) groups excluding carboxylic acids is 1. The molecule has 5 heteroatoms. The average molecular weight is 367 g/mol. The third-order valence-electron chi connectivity index (χ3n) is 3.68. The molecule has 3 aromatic carbocycles. The topological polar surface area (TPSA) is 50.4 Å². The molecule has 4 nitrogen and oxygen atoms in total. The summed E-state index contributed by atoms with van der Waals surface area (Å²) in [6.07, 6.45) is 0. The van der Waals surface area contributed by atoms with E-state index in [1.165, 1.54) is 0 Å². The van der Waals surface area contributed by atoms with Crippen molar-refractivity contribution in [2.45, 2.75) is 6.61 Å². The van der Waals surface area contributed by atoms with Crippen molar-refractivity contribution in [2.24, 2.45) is 0 Å². The average Bonchev–Trinajstić information content (AvgIpc) is 2.68. The minimum atomic E-state index is -0.172. The van der Waals surface area contributed by atoms with Gasteiger partial charge in [0.1, 0.15) is 12.4 Å². The van der Waals surface area contributed by atoms with Crippen LogP contribution in [0.4, 0.5) is 11.4 Å². The molecule has 1 amide bonds. The van der Waals surface area contributed by atoms with Crippen molar-refractivity contribution in [1.29, 1.82) is 0 Å². The second-order valence-electron chi connectivity index (χ2n) is 5.68. The number of ether oxygens (including phenoxy) is 1. The first-order valence-electron chi connectivity index (χ1n) is 8.26. The lowest BCUT2D eigenvalue weighted by molar-refractivity contribution is -0.114. The molecule has 0 spiro atoms. The van der Waals surface area contributed by atoms with Gasteiger partial charge in [-0.25, -0.2) is 0 Å². The van der Waals surface area contributed by atoms with Crippen molar-refractivity contribution in [1.82, 2.24) is 0 Å². The lowest BCUT2D eigenvalue weighted by Gasteiger charge is -2.11. The molecule has 0 saturated heterocycles. The molecule has 0 radical (unpaired) electrons. The third kappa shape index (κ3) is 5.26. The van der Waals surface area contributed by atoms with Crippen LogP contribution in [-0.4, -0.2) is 12.5 Å². The number of benzene rings is 3. The summed E-state index contributed by atoms with van der Waals surface area (Å²) in [5.74, 6) is 0.569. The first-order valence-corrected chi connectivity index (χ1v) is 8.63. The van der Waals surface area contributed by atoms with Crippen LogP contribution in [0.25, 0.3) is 0 Å². The molecule has 3 rings (SSSR count). The van der Waals surface area contributed by atoms with E-state index in [2.05, 4.69) is 10.6 Å². The summed E-state index contributed by atoms with van der Waals surface area (Å²) < 4.78 is 5.79. The SMILES string of the molecule is O=C(CNc1cccc(OCc2ccccc2)c1)Nc1ccccc1Cl. The fourth-order valence-electron chi connectivity index (χ4n) is 2.38. The number of anilines is 2. The summed E-state index contributed by atoms with van der Waals surface area (Å²) in [6, 6.07) is 24.6. The van der Waals surface area contributed by atoms with Gasteiger partial charge >= 0.3 is 0 Å². The zero-order chi connectivity index (χ0) is 18.2. The minimum Gasteiger partial charge on any atom is -0.489 e. The molecule has 0 saturated carbocycles. The molecule has 0 aromatic heterocycles. The van der Waals surface area contributed by atoms with Crippen LogP contribution >= 0.6 is 11.6 Å². The highest BCUT2D eigenvalue weighted by molar-refractivity contribution is 6.33. The van der Waals surface area contributed by atoms with Gasteiger partial charge in [0.05, 0.1) is 17.3 Å². The number of hydrogen-bond donors (Lipinski definition) is 2. The van der Waals surface area contributed by atoms with Gasteiger partial charge in [-0.1, -0.05) is 60.1 Å². The van der Waals surface area contributed by atoms with Gasteiger partial charge < -0.3 is 15.4 Å². The Hall–Kier alpha value is -2.98. The monoisotopic (exact) mass is 366 g/mol. The van der Waals surface area contributed by atoms with E-state index in [1.54, 1.807) is 12.1 Å². The Morgan fingerprint density at radius 1 is 0.923 bits per heavy atom. The Morgan fingerprint density at radius 3 is 2.50 bits per heavy atom. The molecule has 0 fully saturated rings. The summed E-state index contributed by atoms with van der Waals surface area (Å²) in [7, 11) is 0. The van der Waals surface area contributed by atoms with Gasteiger partial charge in [-0.2, -0.15) is 0 Å². The molecule has 2 N–H and O–H groups in total. The van der Waals surface area contributed by atoms with Gasteiger partial charge in [-0.05, 0) is 29.8 Å². The molecule has 0 bridgehead atoms. The Labute approximate surface area is 157 Å². The van der Waals surface area contributed by atoms with Crippen molar-refractivity contribution in [3.63, 3.8) is 0 Å². The van der Waals surface area contributed by atoms with Crippen LogP contribution in [-0.2, 0) is 11.4 Å². The summed E-state index contributed by atoms with van der Waals surface area (Å²) in [5, 5.41) is 6.38. The lowest BCUT2D eigenvalue weighted by atomic mass is 10.2. The maximum Gasteiger partial charge on any atom is 0.243 e. The summed E-state index contributed by atoms with van der Waals surface area (Å²) in [5.41, 5.74) is 2.51. The van der Waals surface area contributed by atoms with Crippen molar-refractivity contribution < 1.29 is 9.53 Å². The van der Waals surface area contributed by atoms with Gasteiger partial charge in [0.25, 0.3) is 0 Å². The molecule has 0 unspecified atom stereocenters. The normalized spacial score (nSPS) is 10.2. The summed E-state index contributed by atoms with van der Waals surface area (Å²) in [6.45, 7) is 0.630. The molecule has 0 heterocycles. The highest BCUT2D eigenvalue weighted by Crippen LogP contribution is 2.21. The van der Waals surface area contributed by atoms with Crippen molar-refractivity contribution >= 4 is 28.9 Å². The molecule has 0 atom stereocenters. The van der Waals surface area contributed by atoms with Crippen LogP contribution in [0, 0.1) is 0 Å². The zero-order valence-corrected chi connectivity index (χ0v) is 14.9. The number of rotatable bonds is 7. The van der Waals surface area contributed by atoms with E-state index in [0.29, 0.717) is 17.3 Å². The van der Waals surface area contributed by atoms with Crippen LogP contribution in [0.3, 0.4) is 0 Å². The largest absolute Gasteiger partial charge is 0.489 e. The smallest absolute Gasteiger partial charge is 0.243 e. The fraction of sp³-hybridized carbons (Fsp3) is 0.0952. The number of hydrogen-bond acceptors (Lipinski definition) is 3. The van der Waals surface area contributed by atoms with Crippen molar-refractivity contribution in [3.8, 4) is 5.75 Å². The molecular formula is C21H19ClN2O2. The van der Waals surface area contributed by atoms with E-state index >= 15 is 0 Å². The first-order chi connectivity index (χ1) is 12.7. The summed E-state index contributed by atoms with van der Waals surface area (Å²) in [4.78, 5) is 12.1. The Bertz CT molecular complexity index is 869. The van der Waals surface area contributed by atoms with E-state index in [-0.39, 0.29) is 12.5 Å². The van der Waals surface area contributed by atoms with Crippen molar-refractivity contribution in [2.75, 3.05) is 17.2 Å². The second kappa shape index (κ2) is 8.92. The number of halogens is 1. The summed E-state index contributed by atoms with van der Waals surface area (Å²) >= 11 is 6.04. The molecule has 0 aliphatic rings. The predicted molar refractivity (Wildman–Crippen MR) is 106 cm³/mol. The fourth-order valence-corrected chi connectivity index (χ4v) is 2.56. The van der Waals surface area contributed by atoms with Gasteiger partial charge in [-0.3, -0.25) is 4.79 Å². The molecule has 3 aromatic rings. The number of para-hydroxylation sites is 1. The molecule has 132 valence electrons. The third-order valence-corrected chi connectivity index (χ3v) is 4.01. The van der Waals surface area contributed by atoms with E-state index in [4.69, 9.17) is 16.3 Å². The maximum absolute atomic E-state index is 12.1. The van der Waals surface area contributed by atoms with Crippen molar-refractivity contribution in [3.05, 3.63) is 89.4 Å². The maximum atomic E-state index is 12.1. The van der Waals surface area contributed by atoms with Gasteiger partial charge in [0, 0.05) is 11.8 Å². The van der Waals surface area contributed by atoms with E-state index in [9.17, 15) is 4.79 Å². The number of amides is 1. The predicted octanol–water partition coefficient (Wildman–Crippen LogP) is 4.97. The van der Waals surface area contributed by atoms with Gasteiger partial charge in [-0.15, -0.1) is 0 Å². The van der Waals surface area contributed by atoms with Crippen LogP contribution in [0.2, 0.25) is 5.02 Å². The number of carbonyl (C=O) groups is 1. The Kier molecular flexibility index (Phi) is 6.12. The Morgan fingerprint density at radius 2 is 1.69 bits per heavy atom. The highest BCUT2D eigenvalue weighted by atomic mass is 35.5. The van der Waals surface area contributed by atoms with Crippen LogP contribution in [0.15, 0.2) is 78.9 Å². The minimum absolute atomic E-state index is 0.132. The second-order valence-corrected chi connectivity index (χ2v) is 6.09.